The van der Waals surface area contributed by atoms with Crippen molar-refractivity contribution in [2.24, 2.45) is 5.41 Å². The summed E-state index contributed by atoms with van der Waals surface area (Å²) in [4.78, 5) is 0.283. The third kappa shape index (κ3) is 4.28. The summed E-state index contributed by atoms with van der Waals surface area (Å²) in [7, 11) is -3.47. The lowest BCUT2D eigenvalue weighted by Crippen LogP contribution is -2.38. The molecule has 3 nitrogen and oxygen atoms in total. The van der Waals surface area contributed by atoms with Gasteiger partial charge in [-0.15, -0.1) is 0 Å². The number of hydrogen-bond donors (Lipinski definition) is 1. The monoisotopic (exact) mass is 411 g/mol. The van der Waals surface area contributed by atoms with E-state index in [4.69, 9.17) is 0 Å². The summed E-state index contributed by atoms with van der Waals surface area (Å²) in [6, 6.07) is 6.84. The minimum Gasteiger partial charge on any atom is -0.211 e. The molecular formula is C13H19Br2NO2S. The van der Waals surface area contributed by atoms with Crippen LogP contribution in [0.15, 0.2) is 33.6 Å². The summed E-state index contributed by atoms with van der Waals surface area (Å²) in [5.74, 6) is 0. The smallest absolute Gasteiger partial charge is 0.211 e. The van der Waals surface area contributed by atoms with Crippen LogP contribution in [0.5, 0.6) is 0 Å². The van der Waals surface area contributed by atoms with Gasteiger partial charge in [-0.1, -0.05) is 41.9 Å². The summed E-state index contributed by atoms with van der Waals surface area (Å²) >= 11 is 6.76. The lowest BCUT2D eigenvalue weighted by Gasteiger charge is -2.29. The van der Waals surface area contributed by atoms with E-state index in [0.29, 0.717) is 11.0 Å². The first kappa shape index (κ1) is 17.1. The molecule has 0 aliphatic heterocycles. The zero-order chi connectivity index (χ0) is 14.5. The van der Waals surface area contributed by atoms with Crippen LogP contribution in [0.1, 0.15) is 26.7 Å². The largest absolute Gasteiger partial charge is 0.241 e. The Hall–Kier alpha value is 0.0900. The molecule has 0 spiro atoms. The summed E-state index contributed by atoms with van der Waals surface area (Å²) in [6.45, 7) is 4.60. The third-order valence-corrected chi connectivity index (χ3v) is 7.15. The average molecular weight is 413 g/mol. The molecule has 1 aromatic carbocycles. The van der Waals surface area contributed by atoms with Crippen LogP contribution in [-0.2, 0) is 10.0 Å². The quantitative estimate of drug-likeness (QED) is 0.689. The van der Waals surface area contributed by atoms with Gasteiger partial charge in [-0.2, -0.15) is 0 Å². The van der Waals surface area contributed by atoms with E-state index in [2.05, 4.69) is 50.4 Å². The molecule has 108 valence electrons. The number of alkyl halides is 1. The predicted molar refractivity (Wildman–Crippen MR) is 86.1 cm³/mol. The maximum Gasteiger partial charge on any atom is 0.241 e. The SMILES string of the molecule is CCC(CC)(CBr)CNS(=O)(=O)c1ccccc1Br. The summed E-state index contributed by atoms with van der Waals surface area (Å²) in [6.07, 6.45) is 1.85. The number of hydrogen-bond acceptors (Lipinski definition) is 2. The Labute approximate surface area is 132 Å². The molecule has 1 N–H and O–H groups in total. The van der Waals surface area contributed by atoms with Crippen molar-refractivity contribution in [3.63, 3.8) is 0 Å². The van der Waals surface area contributed by atoms with Gasteiger partial charge in [0, 0.05) is 16.3 Å². The van der Waals surface area contributed by atoms with Gasteiger partial charge in [0.25, 0.3) is 0 Å². The molecule has 0 radical (unpaired) electrons. The lowest BCUT2D eigenvalue weighted by atomic mass is 9.85. The highest BCUT2D eigenvalue weighted by Crippen LogP contribution is 2.29. The maximum atomic E-state index is 12.3. The first-order valence-electron chi connectivity index (χ1n) is 6.21. The molecule has 0 unspecified atom stereocenters. The van der Waals surface area contributed by atoms with Crippen molar-refractivity contribution >= 4 is 41.9 Å². The Kier molecular flexibility index (Phi) is 6.50. The number of sulfonamides is 1. The first-order chi connectivity index (χ1) is 8.90. The van der Waals surface area contributed by atoms with Gasteiger partial charge in [0.1, 0.15) is 0 Å². The Morgan fingerprint density at radius 3 is 2.26 bits per heavy atom. The molecule has 6 heteroatoms. The van der Waals surface area contributed by atoms with Crippen LogP contribution in [-0.4, -0.2) is 20.3 Å². The minimum absolute atomic E-state index is 0.0334. The highest BCUT2D eigenvalue weighted by Gasteiger charge is 2.28. The molecule has 0 aliphatic rings. The zero-order valence-corrected chi connectivity index (χ0v) is 15.1. The predicted octanol–water partition coefficient (Wildman–Crippen LogP) is 3.93. The number of halogens is 2. The third-order valence-electron chi connectivity index (χ3n) is 3.55. The van der Waals surface area contributed by atoms with Gasteiger partial charge in [-0.25, -0.2) is 13.1 Å². The zero-order valence-electron chi connectivity index (χ0n) is 11.1. The van der Waals surface area contributed by atoms with Crippen LogP contribution in [0, 0.1) is 5.41 Å². The molecule has 0 saturated heterocycles. The van der Waals surface area contributed by atoms with E-state index in [0.717, 1.165) is 18.2 Å². The average Bonchev–Trinajstić information content (AvgIpc) is 2.41. The molecule has 0 fully saturated rings. The fourth-order valence-electron chi connectivity index (χ4n) is 1.72. The van der Waals surface area contributed by atoms with Gasteiger partial charge in [0.2, 0.25) is 10.0 Å². The van der Waals surface area contributed by atoms with Gasteiger partial charge in [-0.05, 0) is 46.3 Å². The standard InChI is InChI=1S/C13H19Br2NO2S/c1-3-13(4-2,9-14)10-16-19(17,18)12-8-6-5-7-11(12)15/h5-8,16H,3-4,9-10H2,1-2H3. The number of nitrogens with one attached hydrogen (secondary N) is 1. The molecule has 19 heavy (non-hydrogen) atoms. The first-order valence-corrected chi connectivity index (χ1v) is 9.60. The van der Waals surface area contributed by atoms with Gasteiger partial charge in [0.05, 0.1) is 4.90 Å². The normalized spacial score (nSPS) is 12.6. The van der Waals surface area contributed by atoms with Crippen molar-refractivity contribution in [2.45, 2.75) is 31.6 Å². The van der Waals surface area contributed by atoms with Gasteiger partial charge in [-0.3, -0.25) is 0 Å². The maximum absolute atomic E-state index is 12.3. The number of rotatable bonds is 7. The molecule has 0 bridgehead atoms. The fraction of sp³-hybridized carbons (Fsp3) is 0.538. The van der Waals surface area contributed by atoms with Gasteiger partial charge >= 0.3 is 0 Å². The summed E-state index contributed by atoms with van der Waals surface area (Å²) in [5, 5.41) is 0.783. The van der Waals surface area contributed by atoms with Crippen molar-refractivity contribution in [3.05, 3.63) is 28.7 Å². The molecule has 0 saturated carbocycles. The Balaban J connectivity index is 2.90. The van der Waals surface area contributed by atoms with Crippen molar-refractivity contribution in [2.75, 3.05) is 11.9 Å². The van der Waals surface area contributed by atoms with Crippen LogP contribution >= 0.6 is 31.9 Å². The second-order valence-corrected chi connectivity index (χ2v) is 7.75. The van der Waals surface area contributed by atoms with Crippen molar-refractivity contribution in [3.8, 4) is 0 Å². The van der Waals surface area contributed by atoms with Crippen LogP contribution in [0.25, 0.3) is 0 Å². The summed E-state index contributed by atoms with van der Waals surface area (Å²) < 4.78 is 27.9. The highest BCUT2D eigenvalue weighted by atomic mass is 79.9. The van der Waals surface area contributed by atoms with E-state index in [-0.39, 0.29) is 10.3 Å². The van der Waals surface area contributed by atoms with E-state index in [9.17, 15) is 8.42 Å². The summed E-state index contributed by atoms with van der Waals surface area (Å²) in [5.41, 5.74) is -0.0334. The molecule has 0 aromatic heterocycles. The van der Waals surface area contributed by atoms with Crippen LogP contribution in [0.4, 0.5) is 0 Å². The van der Waals surface area contributed by atoms with E-state index >= 15 is 0 Å². The highest BCUT2D eigenvalue weighted by molar-refractivity contribution is 9.10. The van der Waals surface area contributed by atoms with E-state index in [1.165, 1.54) is 0 Å². The second kappa shape index (κ2) is 7.20. The van der Waals surface area contributed by atoms with Gasteiger partial charge in [0.15, 0.2) is 0 Å². The fourth-order valence-corrected chi connectivity index (χ4v) is 4.87. The minimum atomic E-state index is -3.47. The van der Waals surface area contributed by atoms with Crippen LogP contribution in [0.2, 0.25) is 0 Å². The Morgan fingerprint density at radius 2 is 1.79 bits per heavy atom. The molecule has 1 aromatic rings. The molecular weight excluding hydrogens is 394 g/mol. The topological polar surface area (TPSA) is 46.2 Å². The van der Waals surface area contributed by atoms with Crippen molar-refractivity contribution in [1.29, 1.82) is 0 Å². The number of benzene rings is 1. The lowest BCUT2D eigenvalue weighted by molar-refractivity contribution is 0.309. The Morgan fingerprint density at radius 1 is 1.21 bits per heavy atom. The molecule has 0 aliphatic carbocycles. The Bertz CT molecular complexity index is 505. The van der Waals surface area contributed by atoms with E-state index in [1.54, 1.807) is 24.3 Å². The van der Waals surface area contributed by atoms with E-state index in [1.807, 2.05) is 0 Å². The van der Waals surface area contributed by atoms with Crippen molar-refractivity contribution in [1.82, 2.24) is 4.72 Å². The van der Waals surface area contributed by atoms with Crippen LogP contribution < -0.4 is 4.72 Å². The molecule has 0 atom stereocenters. The van der Waals surface area contributed by atoms with E-state index < -0.39 is 10.0 Å². The molecule has 1 rings (SSSR count). The van der Waals surface area contributed by atoms with Gasteiger partial charge < -0.3 is 0 Å². The second-order valence-electron chi connectivity index (χ2n) is 4.60. The van der Waals surface area contributed by atoms with Crippen LogP contribution in [0.3, 0.4) is 0 Å². The molecule has 0 amide bonds. The molecule has 0 heterocycles. The van der Waals surface area contributed by atoms with Crippen molar-refractivity contribution < 1.29 is 8.42 Å².